The van der Waals surface area contributed by atoms with E-state index in [0.717, 1.165) is 5.56 Å². The number of nitrogens with one attached hydrogen (secondary N) is 3. The lowest BCUT2D eigenvalue weighted by atomic mass is 9.99. The lowest BCUT2D eigenvalue weighted by Crippen LogP contribution is -2.36. The average molecular weight is 257 g/mol. The number of aryl methyl sites for hydroxylation is 1. The fourth-order valence-electron chi connectivity index (χ4n) is 2.20. The standard InChI is InChI=1S/C12H11N5O2/c1-5-2-3-6-8-9(5)14-4-7(11(18)15-13)10(8)16-17-12(6)19/h2-4,16H,13H2,1H3,(H,15,18)(H,17,19). The molecule has 3 rings (SSSR count). The van der Waals surface area contributed by atoms with Gasteiger partial charge in [0.2, 0.25) is 0 Å². The molecule has 2 heterocycles. The Hall–Kier alpha value is -2.67. The number of hydrazine groups is 2. The van der Waals surface area contributed by atoms with E-state index >= 15 is 0 Å². The van der Waals surface area contributed by atoms with Crippen molar-refractivity contribution in [1.82, 2.24) is 15.8 Å². The maximum atomic E-state index is 11.8. The van der Waals surface area contributed by atoms with Gasteiger partial charge in [0.1, 0.15) is 0 Å². The van der Waals surface area contributed by atoms with Crippen molar-refractivity contribution in [1.29, 1.82) is 0 Å². The third kappa shape index (κ3) is 1.52. The summed E-state index contributed by atoms with van der Waals surface area (Å²) >= 11 is 0. The predicted molar refractivity (Wildman–Crippen MR) is 69.2 cm³/mol. The highest BCUT2D eigenvalue weighted by Crippen LogP contribution is 2.32. The molecule has 1 aliphatic heterocycles. The van der Waals surface area contributed by atoms with Crippen molar-refractivity contribution >= 4 is 28.4 Å². The van der Waals surface area contributed by atoms with E-state index in [1.807, 2.05) is 13.0 Å². The van der Waals surface area contributed by atoms with Crippen LogP contribution >= 0.6 is 0 Å². The van der Waals surface area contributed by atoms with Gasteiger partial charge in [-0.3, -0.25) is 30.9 Å². The predicted octanol–water partition coefficient (Wildman–Crippen LogP) is 0.217. The van der Waals surface area contributed by atoms with Crippen LogP contribution in [0.25, 0.3) is 10.9 Å². The fraction of sp³-hybridized carbons (Fsp3) is 0.0833. The van der Waals surface area contributed by atoms with E-state index in [1.165, 1.54) is 6.20 Å². The minimum absolute atomic E-state index is 0.260. The number of amides is 2. The quantitative estimate of drug-likeness (QED) is 0.332. The Balaban J connectivity index is 2.43. The Morgan fingerprint density at radius 1 is 1.37 bits per heavy atom. The van der Waals surface area contributed by atoms with Gasteiger partial charge in [-0.1, -0.05) is 6.07 Å². The van der Waals surface area contributed by atoms with Crippen molar-refractivity contribution in [3.8, 4) is 0 Å². The smallest absolute Gasteiger partial charge is 0.270 e. The Labute approximate surface area is 108 Å². The molecule has 0 bridgehead atoms. The van der Waals surface area contributed by atoms with E-state index in [1.54, 1.807) is 6.07 Å². The van der Waals surface area contributed by atoms with Crippen LogP contribution in [0, 0.1) is 6.92 Å². The van der Waals surface area contributed by atoms with Crippen LogP contribution in [0.2, 0.25) is 0 Å². The van der Waals surface area contributed by atoms with E-state index < -0.39 is 5.91 Å². The minimum atomic E-state index is -0.472. The molecular formula is C12H11N5O2. The van der Waals surface area contributed by atoms with Gasteiger partial charge in [-0.25, -0.2) is 5.84 Å². The van der Waals surface area contributed by atoms with Crippen LogP contribution in [0.15, 0.2) is 18.3 Å². The summed E-state index contributed by atoms with van der Waals surface area (Å²) in [6.45, 7) is 1.89. The summed E-state index contributed by atoms with van der Waals surface area (Å²) in [6.07, 6.45) is 1.43. The number of pyridine rings is 1. The van der Waals surface area contributed by atoms with Crippen molar-refractivity contribution in [2.24, 2.45) is 5.84 Å². The highest BCUT2D eigenvalue weighted by Gasteiger charge is 2.24. The SMILES string of the molecule is Cc1ccc2c3c(c(C(=O)NN)cnc13)NNC2=O. The first-order valence-corrected chi connectivity index (χ1v) is 5.63. The van der Waals surface area contributed by atoms with Crippen molar-refractivity contribution in [3.63, 3.8) is 0 Å². The minimum Gasteiger partial charge on any atom is -0.297 e. The second-order valence-electron chi connectivity index (χ2n) is 4.25. The molecule has 0 aliphatic carbocycles. The van der Waals surface area contributed by atoms with Gasteiger partial charge in [0.25, 0.3) is 11.8 Å². The zero-order chi connectivity index (χ0) is 13.6. The summed E-state index contributed by atoms with van der Waals surface area (Å²) in [5.41, 5.74) is 10.2. The average Bonchev–Trinajstić information content (AvgIpc) is 2.43. The molecule has 5 N–H and O–H groups in total. The molecule has 1 aromatic carbocycles. The molecule has 7 heteroatoms. The molecule has 2 aromatic rings. The number of hydrogen-bond donors (Lipinski definition) is 4. The fourth-order valence-corrected chi connectivity index (χ4v) is 2.20. The molecular weight excluding hydrogens is 246 g/mol. The summed E-state index contributed by atoms with van der Waals surface area (Å²) in [4.78, 5) is 27.8. The second-order valence-corrected chi connectivity index (χ2v) is 4.25. The highest BCUT2D eigenvalue weighted by atomic mass is 16.2. The topological polar surface area (TPSA) is 109 Å². The van der Waals surface area contributed by atoms with Crippen LogP contribution in [0.4, 0.5) is 5.69 Å². The Morgan fingerprint density at radius 3 is 2.89 bits per heavy atom. The first-order chi connectivity index (χ1) is 9.13. The Morgan fingerprint density at radius 2 is 2.16 bits per heavy atom. The number of anilines is 1. The van der Waals surface area contributed by atoms with Crippen LogP contribution in [0.5, 0.6) is 0 Å². The number of aromatic nitrogens is 1. The van der Waals surface area contributed by atoms with Gasteiger partial charge >= 0.3 is 0 Å². The van der Waals surface area contributed by atoms with Gasteiger partial charge in [0.05, 0.1) is 22.3 Å². The second kappa shape index (κ2) is 3.92. The van der Waals surface area contributed by atoms with E-state index in [9.17, 15) is 9.59 Å². The molecule has 0 radical (unpaired) electrons. The molecule has 96 valence electrons. The lowest BCUT2D eigenvalue weighted by Gasteiger charge is -2.21. The van der Waals surface area contributed by atoms with Gasteiger partial charge in [0.15, 0.2) is 0 Å². The number of rotatable bonds is 1. The number of carbonyl (C=O) groups is 2. The van der Waals surface area contributed by atoms with Crippen LogP contribution in [0.3, 0.4) is 0 Å². The molecule has 0 atom stereocenters. The van der Waals surface area contributed by atoms with E-state index in [4.69, 9.17) is 5.84 Å². The third-order valence-electron chi connectivity index (χ3n) is 3.14. The third-order valence-corrected chi connectivity index (χ3v) is 3.14. The van der Waals surface area contributed by atoms with E-state index in [-0.39, 0.29) is 11.5 Å². The Bertz CT molecular complexity index is 726. The zero-order valence-corrected chi connectivity index (χ0v) is 10.1. The van der Waals surface area contributed by atoms with Crippen LogP contribution in [-0.4, -0.2) is 16.8 Å². The van der Waals surface area contributed by atoms with Crippen LogP contribution in [-0.2, 0) is 0 Å². The molecule has 0 saturated carbocycles. The van der Waals surface area contributed by atoms with Crippen LogP contribution < -0.4 is 22.1 Å². The highest BCUT2D eigenvalue weighted by molar-refractivity contribution is 6.18. The lowest BCUT2D eigenvalue weighted by molar-refractivity contribution is 0.0943. The first-order valence-electron chi connectivity index (χ1n) is 5.63. The molecule has 0 unspecified atom stereocenters. The maximum Gasteiger partial charge on any atom is 0.270 e. The summed E-state index contributed by atoms with van der Waals surface area (Å²) in [5, 5.41) is 0.629. The summed E-state index contributed by atoms with van der Waals surface area (Å²) in [7, 11) is 0. The molecule has 1 aliphatic rings. The normalized spacial score (nSPS) is 12.8. The van der Waals surface area contributed by atoms with Crippen molar-refractivity contribution in [2.75, 3.05) is 5.43 Å². The zero-order valence-electron chi connectivity index (χ0n) is 10.1. The molecule has 0 fully saturated rings. The molecule has 1 aromatic heterocycles. The summed E-state index contributed by atoms with van der Waals surface area (Å²) in [6, 6.07) is 3.53. The van der Waals surface area contributed by atoms with Crippen molar-refractivity contribution in [3.05, 3.63) is 35.0 Å². The first kappa shape index (κ1) is 11.4. The van der Waals surface area contributed by atoms with Gasteiger partial charge in [0, 0.05) is 11.6 Å². The summed E-state index contributed by atoms with van der Waals surface area (Å²) < 4.78 is 0. The monoisotopic (exact) mass is 257 g/mol. The molecule has 0 spiro atoms. The number of nitrogen functional groups attached to an aromatic ring is 1. The van der Waals surface area contributed by atoms with Crippen molar-refractivity contribution < 1.29 is 9.59 Å². The summed E-state index contributed by atoms with van der Waals surface area (Å²) in [5.74, 6) is 4.41. The number of hydrogen-bond acceptors (Lipinski definition) is 5. The molecule has 2 amide bonds. The molecule has 19 heavy (non-hydrogen) atoms. The van der Waals surface area contributed by atoms with E-state index in [0.29, 0.717) is 22.2 Å². The number of nitrogens with zero attached hydrogens (tertiary/aromatic N) is 1. The molecule has 7 nitrogen and oxygen atoms in total. The largest absolute Gasteiger partial charge is 0.297 e. The molecule has 0 saturated heterocycles. The van der Waals surface area contributed by atoms with Gasteiger partial charge in [-0.15, -0.1) is 0 Å². The van der Waals surface area contributed by atoms with Gasteiger partial charge in [-0.05, 0) is 18.6 Å². The maximum absolute atomic E-state index is 11.8. The van der Waals surface area contributed by atoms with Gasteiger partial charge < -0.3 is 0 Å². The van der Waals surface area contributed by atoms with Crippen molar-refractivity contribution in [2.45, 2.75) is 6.92 Å². The number of nitrogens with two attached hydrogens (primary N) is 1. The number of benzene rings is 1. The Kier molecular flexibility index (Phi) is 2.36. The number of carbonyl (C=O) groups excluding carboxylic acids is 2. The van der Waals surface area contributed by atoms with E-state index in [2.05, 4.69) is 21.3 Å². The van der Waals surface area contributed by atoms with Gasteiger partial charge in [-0.2, -0.15) is 0 Å². The van der Waals surface area contributed by atoms with Crippen LogP contribution in [0.1, 0.15) is 26.3 Å².